The predicted octanol–water partition coefficient (Wildman–Crippen LogP) is -0.477. The lowest BCUT2D eigenvalue weighted by Gasteiger charge is -2.28. The van der Waals surface area contributed by atoms with Crippen LogP contribution in [-0.4, -0.2) is 55.0 Å². The summed E-state index contributed by atoms with van der Waals surface area (Å²) in [4.78, 5) is 22.4. The van der Waals surface area contributed by atoms with E-state index in [9.17, 15) is 18.0 Å². The maximum Gasteiger partial charge on any atom is 0.303 e. The van der Waals surface area contributed by atoms with Crippen LogP contribution < -0.4 is 10.6 Å². The number of carboxylic acid groups (broad SMARTS) is 1. The Morgan fingerprint density at radius 1 is 1.40 bits per heavy atom. The van der Waals surface area contributed by atoms with Gasteiger partial charge in [0.05, 0.1) is 11.5 Å². The third kappa shape index (κ3) is 6.33. The highest BCUT2D eigenvalue weighted by molar-refractivity contribution is 7.91. The van der Waals surface area contributed by atoms with Crippen LogP contribution in [0.5, 0.6) is 0 Å². The molecule has 0 aliphatic carbocycles. The smallest absolute Gasteiger partial charge is 0.303 e. The molecule has 1 atom stereocenters. The van der Waals surface area contributed by atoms with Crippen molar-refractivity contribution < 1.29 is 23.1 Å². The van der Waals surface area contributed by atoms with Gasteiger partial charge in [0.2, 0.25) is 5.91 Å². The van der Waals surface area contributed by atoms with E-state index in [2.05, 4.69) is 10.6 Å². The Bertz CT molecular complexity index is 472. The molecule has 1 amide bonds. The van der Waals surface area contributed by atoms with E-state index in [-0.39, 0.29) is 36.3 Å². The van der Waals surface area contributed by atoms with Crippen molar-refractivity contribution in [1.82, 2.24) is 10.6 Å². The summed E-state index contributed by atoms with van der Waals surface area (Å²) >= 11 is 0. The average molecular weight is 306 g/mol. The highest BCUT2D eigenvalue weighted by Crippen LogP contribution is 2.12. The molecule has 7 nitrogen and oxygen atoms in total. The molecule has 20 heavy (non-hydrogen) atoms. The lowest BCUT2D eigenvalue weighted by Crippen LogP contribution is -2.50. The minimum absolute atomic E-state index is 0.0245. The molecule has 0 saturated carbocycles. The molecule has 1 rings (SSSR count). The number of carbonyl (C=O) groups excluding carboxylic acids is 1. The first kappa shape index (κ1) is 16.9. The third-order valence-corrected chi connectivity index (χ3v) is 4.91. The molecule has 1 aliphatic heterocycles. The van der Waals surface area contributed by atoms with Crippen molar-refractivity contribution in [2.75, 3.05) is 18.1 Å². The highest BCUT2D eigenvalue weighted by Gasteiger charge is 2.28. The summed E-state index contributed by atoms with van der Waals surface area (Å²) in [6.45, 7) is 3.86. The Kier molecular flexibility index (Phi) is 5.52. The number of amides is 1. The number of rotatable bonds is 6. The fourth-order valence-corrected chi connectivity index (χ4v) is 3.58. The van der Waals surface area contributed by atoms with Crippen LogP contribution in [0.3, 0.4) is 0 Å². The van der Waals surface area contributed by atoms with Gasteiger partial charge < -0.3 is 15.7 Å². The molecule has 116 valence electrons. The molecular formula is C12H22N2O5S. The molecule has 1 aliphatic rings. The molecular weight excluding hydrogens is 284 g/mol. The van der Waals surface area contributed by atoms with E-state index < -0.39 is 21.3 Å². The SMILES string of the molecule is CC(C)(CCC(=O)O)NC(=O)CC1CS(=O)(=O)CCN1. The van der Waals surface area contributed by atoms with E-state index in [4.69, 9.17) is 5.11 Å². The van der Waals surface area contributed by atoms with Gasteiger partial charge in [-0.1, -0.05) is 0 Å². The van der Waals surface area contributed by atoms with Gasteiger partial charge in [-0.2, -0.15) is 0 Å². The van der Waals surface area contributed by atoms with Crippen LogP contribution in [-0.2, 0) is 19.4 Å². The van der Waals surface area contributed by atoms with E-state index in [0.717, 1.165) is 0 Å². The molecule has 0 aromatic heterocycles. The molecule has 0 bridgehead atoms. The van der Waals surface area contributed by atoms with Crippen molar-refractivity contribution in [1.29, 1.82) is 0 Å². The van der Waals surface area contributed by atoms with E-state index in [1.165, 1.54) is 0 Å². The summed E-state index contributed by atoms with van der Waals surface area (Å²) in [5.41, 5.74) is -0.622. The zero-order valence-electron chi connectivity index (χ0n) is 11.8. The van der Waals surface area contributed by atoms with E-state index in [1.807, 2.05) is 0 Å². The molecule has 0 aromatic carbocycles. The zero-order chi connectivity index (χ0) is 15.4. The number of carboxylic acids is 1. The van der Waals surface area contributed by atoms with Crippen LogP contribution in [0.1, 0.15) is 33.1 Å². The van der Waals surface area contributed by atoms with Crippen molar-refractivity contribution in [3.63, 3.8) is 0 Å². The maximum absolute atomic E-state index is 11.9. The standard InChI is InChI=1S/C12H22N2O5S/c1-12(2,4-3-11(16)17)14-10(15)7-9-8-20(18,19)6-5-13-9/h9,13H,3-8H2,1-2H3,(H,14,15)(H,16,17). The van der Waals surface area contributed by atoms with Gasteiger partial charge in [0.1, 0.15) is 0 Å². The molecule has 1 unspecified atom stereocenters. The molecule has 1 heterocycles. The van der Waals surface area contributed by atoms with Crippen molar-refractivity contribution in [3.05, 3.63) is 0 Å². The topological polar surface area (TPSA) is 113 Å². The van der Waals surface area contributed by atoms with Gasteiger partial charge in [0.15, 0.2) is 9.84 Å². The number of hydrogen-bond acceptors (Lipinski definition) is 5. The monoisotopic (exact) mass is 306 g/mol. The van der Waals surface area contributed by atoms with Crippen LogP contribution in [0.25, 0.3) is 0 Å². The summed E-state index contributed by atoms with van der Waals surface area (Å²) in [7, 11) is -3.06. The maximum atomic E-state index is 11.9. The average Bonchev–Trinajstić information content (AvgIpc) is 2.24. The van der Waals surface area contributed by atoms with Crippen LogP contribution >= 0.6 is 0 Å². The fourth-order valence-electron chi connectivity index (χ4n) is 2.13. The lowest BCUT2D eigenvalue weighted by molar-refractivity contribution is -0.137. The zero-order valence-corrected chi connectivity index (χ0v) is 12.6. The summed E-state index contributed by atoms with van der Waals surface area (Å²) < 4.78 is 22.9. The minimum Gasteiger partial charge on any atom is -0.481 e. The summed E-state index contributed by atoms with van der Waals surface area (Å²) in [5.74, 6) is -1.10. The van der Waals surface area contributed by atoms with Gasteiger partial charge >= 0.3 is 5.97 Å². The largest absolute Gasteiger partial charge is 0.481 e. The van der Waals surface area contributed by atoms with Gasteiger partial charge in [-0.25, -0.2) is 8.42 Å². The van der Waals surface area contributed by atoms with Crippen molar-refractivity contribution >= 4 is 21.7 Å². The second-order valence-corrected chi connectivity index (χ2v) is 8.02. The van der Waals surface area contributed by atoms with E-state index >= 15 is 0 Å². The quantitative estimate of drug-likeness (QED) is 0.611. The number of nitrogens with one attached hydrogen (secondary N) is 2. The number of hydrogen-bond donors (Lipinski definition) is 3. The van der Waals surface area contributed by atoms with Gasteiger partial charge in [-0.05, 0) is 20.3 Å². The third-order valence-electron chi connectivity index (χ3n) is 3.17. The molecule has 3 N–H and O–H groups in total. The number of sulfone groups is 1. The minimum atomic E-state index is -3.06. The van der Waals surface area contributed by atoms with Gasteiger partial charge in [0.25, 0.3) is 0 Å². The van der Waals surface area contributed by atoms with Crippen molar-refractivity contribution in [2.45, 2.75) is 44.7 Å². The Balaban J connectivity index is 2.44. The number of carbonyl (C=O) groups is 2. The Hall–Kier alpha value is -1.15. The van der Waals surface area contributed by atoms with Gasteiger partial charge in [-0.15, -0.1) is 0 Å². The van der Waals surface area contributed by atoms with Crippen LogP contribution in [0.2, 0.25) is 0 Å². The first-order chi connectivity index (χ1) is 9.10. The first-order valence-electron chi connectivity index (χ1n) is 6.56. The van der Waals surface area contributed by atoms with Crippen molar-refractivity contribution in [2.24, 2.45) is 0 Å². The fraction of sp³-hybridized carbons (Fsp3) is 0.833. The van der Waals surface area contributed by atoms with Crippen LogP contribution in [0.4, 0.5) is 0 Å². The highest BCUT2D eigenvalue weighted by atomic mass is 32.2. The van der Waals surface area contributed by atoms with Gasteiger partial charge in [0, 0.05) is 31.0 Å². The van der Waals surface area contributed by atoms with Crippen LogP contribution in [0, 0.1) is 0 Å². The Labute approximate surface area is 119 Å². The Morgan fingerprint density at radius 3 is 2.60 bits per heavy atom. The molecule has 0 spiro atoms. The predicted molar refractivity (Wildman–Crippen MR) is 74.2 cm³/mol. The van der Waals surface area contributed by atoms with Gasteiger partial charge in [-0.3, -0.25) is 9.59 Å². The summed E-state index contributed by atoms with van der Waals surface area (Å²) in [6, 6.07) is -0.371. The summed E-state index contributed by atoms with van der Waals surface area (Å²) in [5, 5.41) is 14.4. The first-order valence-corrected chi connectivity index (χ1v) is 8.38. The summed E-state index contributed by atoms with van der Waals surface area (Å²) in [6.07, 6.45) is 0.379. The Morgan fingerprint density at radius 2 is 2.05 bits per heavy atom. The van der Waals surface area contributed by atoms with E-state index in [1.54, 1.807) is 13.8 Å². The molecule has 8 heteroatoms. The molecule has 1 saturated heterocycles. The van der Waals surface area contributed by atoms with Crippen LogP contribution in [0.15, 0.2) is 0 Å². The molecule has 0 aromatic rings. The molecule has 0 radical (unpaired) electrons. The second-order valence-electron chi connectivity index (χ2n) is 5.80. The van der Waals surface area contributed by atoms with Crippen molar-refractivity contribution in [3.8, 4) is 0 Å². The number of aliphatic carboxylic acids is 1. The normalized spacial score (nSPS) is 22.2. The lowest BCUT2D eigenvalue weighted by atomic mass is 9.98. The second kappa shape index (κ2) is 6.53. The van der Waals surface area contributed by atoms with E-state index in [0.29, 0.717) is 13.0 Å². The molecule has 1 fully saturated rings.